The number of hydrogen-bond donors (Lipinski definition) is 6. The normalized spacial score (nSPS) is 23.3. The first-order chi connectivity index (χ1) is 13.0. The van der Waals surface area contributed by atoms with E-state index in [4.69, 9.17) is 0 Å². The van der Waals surface area contributed by atoms with Crippen LogP contribution in [0.4, 0.5) is 0 Å². The Labute approximate surface area is 159 Å². The standard InChI is InChI=1S/C15H21N7O4S/c23-12-4-16-3-10(20-12)14(25)21-9(1-8-2-17-6-18-8)13(24)22-15(26)11-5-27-7-19-11/h2,6,9-11,16,19H,1,3-5,7H2,(H,17,18)(H,20,23)(H,21,25)(H,22,24,26)/t9-,10?,11?/m0/s1. The fourth-order valence-electron chi connectivity index (χ4n) is 2.74. The Bertz CT molecular complexity index is 705. The Morgan fingerprint density at radius 1 is 1.30 bits per heavy atom. The fourth-order valence-corrected chi connectivity index (χ4v) is 3.68. The molecule has 12 heteroatoms. The van der Waals surface area contributed by atoms with Crippen molar-refractivity contribution in [2.24, 2.45) is 0 Å². The van der Waals surface area contributed by atoms with Gasteiger partial charge >= 0.3 is 0 Å². The summed E-state index contributed by atoms with van der Waals surface area (Å²) in [4.78, 5) is 55.5. The third-order valence-electron chi connectivity index (χ3n) is 4.17. The Morgan fingerprint density at radius 2 is 2.15 bits per heavy atom. The van der Waals surface area contributed by atoms with Gasteiger partial charge in [0.1, 0.15) is 12.1 Å². The molecule has 2 aliphatic heterocycles. The summed E-state index contributed by atoms with van der Waals surface area (Å²) in [5.41, 5.74) is 0.559. The lowest BCUT2D eigenvalue weighted by molar-refractivity contribution is -0.135. The van der Waals surface area contributed by atoms with Crippen molar-refractivity contribution in [3.63, 3.8) is 0 Å². The predicted octanol–water partition coefficient (Wildman–Crippen LogP) is -3.17. The van der Waals surface area contributed by atoms with Crippen LogP contribution in [0, 0.1) is 0 Å². The van der Waals surface area contributed by atoms with E-state index >= 15 is 0 Å². The average molecular weight is 395 g/mol. The molecule has 0 spiro atoms. The molecule has 2 saturated heterocycles. The molecule has 2 aliphatic rings. The summed E-state index contributed by atoms with van der Waals surface area (Å²) in [6.45, 7) is 0.401. The monoisotopic (exact) mass is 395 g/mol. The number of aromatic amines is 1. The zero-order chi connectivity index (χ0) is 19.2. The number of nitrogens with one attached hydrogen (secondary N) is 6. The van der Waals surface area contributed by atoms with Crippen LogP contribution in [-0.4, -0.2) is 76.4 Å². The third-order valence-corrected chi connectivity index (χ3v) is 5.11. The van der Waals surface area contributed by atoms with Crippen LogP contribution in [0.5, 0.6) is 0 Å². The lowest BCUT2D eigenvalue weighted by Gasteiger charge is -2.26. The fraction of sp³-hybridized carbons (Fsp3) is 0.533. The van der Waals surface area contributed by atoms with E-state index in [0.29, 0.717) is 17.3 Å². The molecule has 6 N–H and O–H groups in total. The van der Waals surface area contributed by atoms with E-state index < -0.39 is 35.8 Å². The highest BCUT2D eigenvalue weighted by atomic mass is 32.2. The Hall–Kier alpha value is -2.44. The predicted molar refractivity (Wildman–Crippen MR) is 96.4 cm³/mol. The highest BCUT2D eigenvalue weighted by Crippen LogP contribution is 2.09. The largest absolute Gasteiger partial charge is 0.351 e. The smallest absolute Gasteiger partial charge is 0.249 e. The topological polar surface area (TPSA) is 157 Å². The van der Waals surface area contributed by atoms with E-state index in [1.54, 1.807) is 18.0 Å². The second-order valence-electron chi connectivity index (χ2n) is 6.20. The van der Waals surface area contributed by atoms with Gasteiger partial charge in [-0.05, 0) is 0 Å². The van der Waals surface area contributed by atoms with Crippen LogP contribution in [0.1, 0.15) is 5.69 Å². The number of rotatable bonds is 6. The summed E-state index contributed by atoms with van der Waals surface area (Å²) >= 11 is 1.57. The number of piperazine rings is 1. The van der Waals surface area contributed by atoms with Crippen molar-refractivity contribution < 1.29 is 19.2 Å². The van der Waals surface area contributed by atoms with Gasteiger partial charge in [0.15, 0.2) is 0 Å². The van der Waals surface area contributed by atoms with E-state index in [2.05, 4.69) is 36.6 Å². The van der Waals surface area contributed by atoms with Crippen LogP contribution in [-0.2, 0) is 25.6 Å². The maximum atomic E-state index is 12.6. The molecule has 4 amide bonds. The van der Waals surface area contributed by atoms with Crippen molar-refractivity contribution in [3.05, 3.63) is 18.2 Å². The van der Waals surface area contributed by atoms with E-state index in [9.17, 15) is 19.2 Å². The number of imide groups is 1. The number of carbonyl (C=O) groups is 4. The molecule has 2 unspecified atom stereocenters. The van der Waals surface area contributed by atoms with Gasteiger partial charge in [0.05, 0.1) is 24.6 Å². The molecule has 2 fully saturated rings. The van der Waals surface area contributed by atoms with Crippen LogP contribution in [0.15, 0.2) is 12.5 Å². The zero-order valence-corrected chi connectivity index (χ0v) is 15.2. The average Bonchev–Trinajstić information content (AvgIpc) is 3.35. The molecule has 1 aromatic rings. The summed E-state index contributed by atoms with van der Waals surface area (Å²) in [5.74, 6) is -0.629. The van der Waals surface area contributed by atoms with E-state index in [1.807, 2.05) is 0 Å². The van der Waals surface area contributed by atoms with E-state index in [0.717, 1.165) is 0 Å². The van der Waals surface area contributed by atoms with Gasteiger partial charge in [-0.3, -0.25) is 29.8 Å². The first kappa shape index (κ1) is 19.3. The number of amides is 4. The van der Waals surface area contributed by atoms with Crippen molar-refractivity contribution in [3.8, 4) is 0 Å². The highest BCUT2D eigenvalue weighted by molar-refractivity contribution is 7.99. The summed E-state index contributed by atoms with van der Waals surface area (Å²) in [7, 11) is 0. The molecule has 3 atom stereocenters. The second kappa shape index (κ2) is 8.97. The number of hydrogen-bond acceptors (Lipinski definition) is 8. The molecule has 146 valence electrons. The minimum atomic E-state index is -1.00. The van der Waals surface area contributed by atoms with Crippen LogP contribution >= 0.6 is 11.8 Å². The molecule has 0 aromatic carbocycles. The number of H-pyrrole nitrogens is 1. The van der Waals surface area contributed by atoms with Crippen molar-refractivity contribution in [2.45, 2.75) is 24.5 Å². The number of carbonyl (C=O) groups excluding carboxylic acids is 4. The maximum Gasteiger partial charge on any atom is 0.249 e. The first-order valence-electron chi connectivity index (χ1n) is 8.47. The van der Waals surface area contributed by atoms with Crippen LogP contribution in [0.2, 0.25) is 0 Å². The van der Waals surface area contributed by atoms with Gasteiger partial charge in [0, 0.05) is 30.8 Å². The molecule has 0 bridgehead atoms. The summed E-state index contributed by atoms with van der Waals surface area (Å²) in [6.07, 6.45) is 3.17. The minimum absolute atomic E-state index is 0.106. The van der Waals surface area contributed by atoms with Crippen LogP contribution in [0.25, 0.3) is 0 Å². The number of imidazole rings is 1. The molecule has 3 rings (SSSR count). The Kier molecular flexibility index (Phi) is 6.42. The van der Waals surface area contributed by atoms with Crippen molar-refractivity contribution >= 4 is 35.4 Å². The summed E-state index contributed by atoms with van der Waals surface area (Å²) in [5, 5.41) is 13.3. The molecular weight excluding hydrogens is 374 g/mol. The molecule has 0 saturated carbocycles. The molecule has 1 aromatic heterocycles. The molecule has 0 aliphatic carbocycles. The lowest BCUT2D eigenvalue weighted by Crippen LogP contribution is -2.61. The van der Waals surface area contributed by atoms with Gasteiger partial charge in [-0.2, -0.15) is 0 Å². The molecular formula is C15H21N7O4S. The van der Waals surface area contributed by atoms with Gasteiger partial charge in [-0.15, -0.1) is 11.8 Å². The zero-order valence-electron chi connectivity index (χ0n) is 14.4. The van der Waals surface area contributed by atoms with Crippen LogP contribution in [0.3, 0.4) is 0 Å². The minimum Gasteiger partial charge on any atom is -0.351 e. The lowest BCUT2D eigenvalue weighted by atomic mass is 10.1. The molecule has 3 heterocycles. The number of nitrogens with zero attached hydrogens (tertiary/aromatic N) is 1. The van der Waals surface area contributed by atoms with Crippen molar-refractivity contribution in [1.29, 1.82) is 0 Å². The van der Waals surface area contributed by atoms with E-state index in [1.165, 1.54) is 6.33 Å². The highest BCUT2D eigenvalue weighted by Gasteiger charge is 2.31. The maximum absolute atomic E-state index is 12.6. The third kappa shape index (κ3) is 5.28. The molecule has 0 radical (unpaired) electrons. The van der Waals surface area contributed by atoms with Crippen molar-refractivity contribution in [2.75, 3.05) is 24.7 Å². The van der Waals surface area contributed by atoms with Gasteiger partial charge < -0.3 is 20.9 Å². The van der Waals surface area contributed by atoms with Gasteiger partial charge in [0.2, 0.25) is 23.6 Å². The SMILES string of the molecule is O=C1CNCC(C(=O)N[C@@H](Cc2c[nH]cn2)C(=O)NC(=O)C2CSCN2)N1. The number of thioether (sulfide) groups is 1. The van der Waals surface area contributed by atoms with Gasteiger partial charge in [0.25, 0.3) is 0 Å². The van der Waals surface area contributed by atoms with E-state index in [-0.39, 0.29) is 25.4 Å². The van der Waals surface area contributed by atoms with Gasteiger partial charge in [-0.25, -0.2) is 4.98 Å². The quantitative estimate of drug-likeness (QED) is 0.294. The number of aromatic nitrogens is 2. The van der Waals surface area contributed by atoms with Crippen LogP contribution < -0.4 is 26.6 Å². The Morgan fingerprint density at radius 3 is 2.81 bits per heavy atom. The Balaban J connectivity index is 1.64. The summed E-state index contributed by atoms with van der Waals surface area (Å²) < 4.78 is 0. The molecule has 11 nitrogen and oxygen atoms in total. The molecule has 27 heavy (non-hydrogen) atoms. The first-order valence-corrected chi connectivity index (χ1v) is 9.62. The summed E-state index contributed by atoms with van der Waals surface area (Å²) in [6, 6.07) is -2.23. The van der Waals surface area contributed by atoms with Crippen molar-refractivity contribution in [1.82, 2.24) is 36.6 Å². The second-order valence-corrected chi connectivity index (χ2v) is 7.23. The van der Waals surface area contributed by atoms with Gasteiger partial charge in [-0.1, -0.05) is 0 Å².